The van der Waals surface area contributed by atoms with Gasteiger partial charge in [0.15, 0.2) is 0 Å². The first kappa shape index (κ1) is 27.3. The van der Waals surface area contributed by atoms with Crippen LogP contribution in [0.4, 0.5) is 17.2 Å². The molecule has 0 fully saturated rings. The highest BCUT2D eigenvalue weighted by molar-refractivity contribution is 6.10. The molecule has 10 nitrogen and oxygen atoms in total. The van der Waals surface area contributed by atoms with Gasteiger partial charge in [-0.25, -0.2) is 4.68 Å². The summed E-state index contributed by atoms with van der Waals surface area (Å²) in [5.41, 5.74) is 4.20. The molecular weight excluding hydrogens is 522 g/mol. The summed E-state index contributed by atoms with van der Waals surface area (Å²) >= 11 is 0. The molecule has 0 saturated carbocycles. The largest absolute Gasteiger partial charge is 0.497 e. The molecule has 41 heavy (non-hydrogen) atoms. The number of allylic oxidation sites excluding steroid dienone is 1. The summed E-state index contributed by atoms with van der Waals surface area (Å²) in [6.45, 7) is 3.77. The van der Waals surface area contributed by atoms with Crippen molar-refractivity contribution < 1.29 is 23.8 Å². The van der Waals surface area contributed by atoms with Crippen molar-refractivity contribution in [1.82, 2.24) is 9.78 Å². The lowest BCUT2D eigenvalue weighted by molar-refractivity contribution is -0.113. The van der Waals surface area contributed by atoms with Crippen LogP contribution in [-0.2, 0) is 4.79 Å². The molecule has 0 bridgehead atoms. The number of para-hydroxylation sites is 2. The predicted molar refractivity (Wildman–Crippen MR) is 157 cm³/mol. The van der Waals surface area contributed by atoms with E-state index in [0.717, 1.165) is 5.56 Å². The Morgan fingerprint density at radius 1 is 0.854 bits per heavy atom. The summed E-state index contributed by atoms with van der Waals surface area (Å²) in [5, 5.41) is 13.7. The molecule has 1 atom stereocenters. The number of fused-ring (bicyclic) bond motifs is 1. The Labute approximate surface area is 237 Å². The number of amides is 2. The van der Waals surface area contributed by atoms with E-state index in [4.69, 9.17) is 14.2 Å². The second-order valence-corrected chi connectivity index (χ2v) is 9.50. The smallest absolute Gasteiger partial charge is 0.261 e. The molecule has 3 aromatic carbocycles. The number of rotatable bonds is 8. The van der Waals surface area contributed by atoms with Gasteiger partial charge in [0.2, 0.25) is 0 Å². The summed E-state index contributed by atoms with van der Waals surface area (Å²) in [6, 6.07) is 19.3. The third-order valence-electron chi connectivity index (χ3n) is 6.91. The minimum atomic E-state index is -0.734. The predicted octanol–water partition coefficient (Wildman–Crippen LogP) is 5.40. The maximum atomic E-state index is 13.9. The Balaban J connectivity index is 1.59. The number of hydrogen-bond acceptors (Lipinski definition) is 7. The molecular formula is C31H31N5O5. The van der Waals surface area contributed by atoms with Crippen molar-refractivity contribution in [1.29, 1.82) is 0 Å². The number of carbonyl (C=O) groups is 2. The number of anilines is 3. The maximum absolute atomic E-state index is 13.9. The summed E-state index contributed by atoms with van der Waals surface area (Å²) in [7, 11) is 4.66. The van der Waals surface area contributed by atoms with Gasteiger partial charge < -0.3 is 30.2 Å². The van der Waals surface area contributed by atoms with E-state index in [-0.39, 0.29) is 11.8 Å². The van der Waals surface area contributed by atoms with Gasteiger partial charge in [-0.05, 0) is 50.2 Å². The van der Waals surface area contributed by atoms with Crippen molar-refractivity contribution >= 4 is 29.0 Å². The van der Waals surface area contributed by atoms with Crippen LogP contribution in [0, 0.1) is 6.92 Å². The first-order valence-electron chi connectivity index (χ1n) is 12.9. The van der Waals surface area contributed by atoms with Gasteiger partial charge in [0.25, 0.3) is 11.8 Å². The van der Waals surface area contributed by atoms with E-state index in [1.54, 1.807) is 57.2 Å². The highest BCUT2D eigenvalue weighted by Crippen LogP contribution is 2.42. The minimum Gasteiger partial charge on any atom is -0.497 e. The zero-order valence-electron chi connectivity index (χ0n) is 23.4. The van der Waals surface area contributed by atoms with Gasteiger partial charge >= 0.3 is 0 Å². The standard InChI is InChI=1S/C31H31N5O5/c1-18-10-12-20(13-11-18)34-30(37)23-17-32-36-28(22-15-14-21(39-3)16-26(22)41-5)27(19(2)33-29(23)36)31(38)35-24-8-6-7-9-25(24)40-4/h6-17,28,33H,1-5H3,(H,34,37)(H,35,38)/t28-/m1/s1. The van der Waals surface area contributed by atoms with Gasteiger partial charge in [-0.3, -0.25) is 9.59 Å². The van der Waals surface area contributed by atoms with Gasteiger partial charge in [-0.1, -0.05) is 29.8 Å². The first-order valence-corrected chi connectivity index (χ1v) is 12.9. The Bertz CT molecular complexity index is 1640. The van der Waals surface area contributed by atoms with Crippen LogP contribution in [0.5, 0.6) is 17.2 Å². The molecule has 0 saturated heterocycles. The third-order valence-corrected chi connectivity index (χ3v) is 6.91. The zero-order valence-corrected chi connectivity index (χ0v) is 23.4. The summed E-state index contributed by atoms with van der Waals surface area (Å²) < 4.78 is 18.2. The van der Waals surface area contributed by atoms with Gasteiger partial charge in [0.05, 0.1) is 38.8 Å². The van der Waals surface area contributed by atoms with Crippen molar-refractivity contribution in [2.75, 3.05) is 37.3 Å². The summed E-state index contributed by atoms with van der Waals surface area (Å²) in [5.74, 6) is 1.37. The van der Waals surface area contributed by atoms with Crippen molar-refractivity contribution in [2.24, 2.45) is 0 Å². The molecule has 0 radical (unpaired) electrons. The topological polar surface area (TPSA) is 116 Å². The summed E-state index contributed by atoms with van der Waals surface area (Å²) in [4.78, 5) is 27.3. The molecule has 10 heteroatoms. The van der Waals surface area contributed by atoms with E-state index in [0.29, 0.717) is 56.8 Å². The quantitative estimate of drug-likeness (QED) is 0.268. The monoisotopic (exact) mass is 553 g/mol. The first-order chi connectivity index (χ1) is 19.8. The number of ether oxygens (including phenoxy) is 3. The van der Waals surface area contributed by atoms with E-state index < -0.39 is 6.04 Å². The molecule has 5 rings (SSSR count). The lowest BCUT2D eigenvalue weighted by atomic mass is 9.93. The SMILES string of the molecule is COc1ccc([C@@H]2C(C(=O)Nc3ccccc3OC)=C(C)Nc3c(C(=O)Nc4ccc(C)cc4)cnn32)c(OC)c1. The van der Waals surface area contributed by atoms with E-state index in [1.807, 2.05) is 49.4 Å². The number of carbonyl (C=O) groups excluding carboxylic acids is 2. The van der Waals surface area contributed by atoms with Gasteiger partial charge in [0.1, 0.15) is 34.7 Å². The molecule has 1 aromatic heterocycles. The van der Waals surface area contributed by atoms with Crippen molar-refractivity contribution in [3.8, 4) is 17.2 Å². The molecule has 4 aromatic rings. The number of methoxy groups -OCH3 is 3. The van der Waals surface area contributed by atoms with Crippen LogP contribution in [0.1, 0.15) is 34.5 Å². The van der Waals surface area contributed by atoms with Crippen LogP contribution in [0.25, 0.3) is 0 Å². The average molecular weight is 554 g/mol. The van der Waals surface area contributed by atoms with Crippen molar-refractivity contribution in [2.45, 2.75) is 19.9 Å². The highest BCUT2D eigenvalue weighted by Gasteiger charge is 2.37. The van der Waals surface area contributed by atoms with Gasteiger partial charge in [-0.15, -0.1) is 0 Å². The van der Waals surface area contributed by atoms with Crippen molar-refractivity contribution in [3.63, 3.8) is 0 Å². The fraction of sp³-hybridized carbons (Fsp3) is 0.194. The van der Waals surface area contributed by atoms with Crippen LogP contribution < -0.4 is 30.2 Å². The van der Waals surface area contributed by atoms with E-state index in [1.165, 1.54) is 6.20 Å². The molecule has 3 N–H and O–H groups in total. The van der Waals surface area contributed by atoms with Crippen LogP contribution in [0.3, 0.4) is 0 Å². The Hall–Kier alpha value is -5.25. The molecule has 0 aliphatic carbocycles. The molecule has 1 aliphatic heterocycles. The molecule has 210 valence electrons. The number of aromatic nitrogens is 2. The van der Waals surface area contributed by atoms with Gasteiger partial charge in [0, 0.05) is 23.0 Å². The Morgan fingerprint density at radius 2 is 1.59 bits per heavy atom. The van der Waals surface area contributed by atoms with E-state index in [2.05, 4.69) is 21.0 Å². The number of nitrogens with one attached hydrogen (secondary N) is 3. The fourth-order valence-corrected chi connectivity index (χ4v) is 4.82. The number of aryl methyl sites for hydroxylation is 1. The lowest BCUT2D eigenvalue weighted by Crippen LogP contribution is -2.32. The second-order valence-electron chi connectivity index (χ2n) is 9.50. The van der Waals surface area contributed by atoms with Crippen molar-refractivity contribution in [3.05, 3.63) is 101 Å². The normalized spacial score (nSPS) is 14.0. The second kappa shape index (κ2) is 11.5. The average Bonchev–Trinajstić information content (AvgIpc) is 3.41. The lowest BCUT2D eigenvalue weighted by Gasteiger charge is -2.31. The summed E-state index contributed by atoms with van der Waals surface area (Å²) in [6.07, 6.45) is 1.49. The highest BCUT2D eigenvalue weighted by atomic mass is 16.5. The van der Waals surface area contributed by atoms with Crippen LogP contribution >= 0.6 is 0 Å². The number of hydrogen-bond donors (Lipinski definition) is 3. The Kier molecular flexibility index (Phi) is 7.64. The molecule has 0 unspecified atom stereocenters. The van der Waals surface area contributed by atoms with Crippen LogP contribution in [0.2, 0.25) is 0 Å². The van der Waals surface area contributed by atoms with E-state index in [9.17, 15) is 9.59 Å². The van der Waals surface area contributed by atoms with Crippen LogP contribution in [-0.4, -0.2) is 42.9 Å². The maximum Gasteiger partial charge on any atom is 0.261 e. The van der Waals surface area contributed by atoms with Gasteiger partial charge in [-0.2, -0.15) is 5.10 Å². The van der Waals surface area contributed by atoms with E-state index >= 15 is 0 Å². The number of benzene rings is 3. The minimum absolute atomic E-state index is 0.326. The Morgan fingerprint density at radius 3 is 2.29 bits per heavy atom. The fourth-order valence-electron chi connectivity index (χ4n) is 4.82. The molecule has 2 amide bonds. The third kappa shape index (κ3) is 5.31. The molecule has 2 heterocycles. The number of nitrogens with zero attached hydrogens (tertiary/aromatic N) is 2. The zero-order chi connectivity index (χ0) is 29.1. The van der Waals surface area contributed by atoms with Crippen LogP contribution in [0.15, 0.2) is 84.2 Å². The molecule has 0 spiro atoms. The molecule has 1 aliphatic rings.